The minimum absolute atomic E-state index is 0.0437. The van der Waals surface area contributed by atoms with Gasteiger partial charge >= 0.3 is 11.7 Å². The topological polar surface area (TPSA) is 95.7 Å². The van der Waals surface area contributed by atoms with Crippen LogP contribution in [-0.2, 0) is 9.53 Å². The quantitative estimate of drug-likeness (QED) is 0.310. The van der Waals surface area contributed by atoms with Gasteiger partial charge in [-0.25, -0.2) is 4.79 Å². The molecular formula is C16H12BrNO6. The molecule has 0 heterocycles. The van der Waals surface area contributed by atoms with Crippen molar-refractivity contribution in [3.8, 4) is 5.75 Å². The average Bonchev–Trinajstić information content (AvgIpc) is 2.58. The maximum Gasteiger partial charge on any atom is 0.344 e. The van der Waals surface area contributed by atoms with Crippen molar-refractivity contribution in [1.29, 1.82) is 0 Å². The third kappa shape index (κ3) is 4.88. The van der Waals surface area contributed by atoms with Gasteiger partial charge in [0.1, 0.15) is 0 Å². The van der Waals surface area contributed by atoms with Crippen LogP contribution in [0.15, 0.2) is 53.0 Å². The van der Waals surface area contributed by atoms with Crippen LogP contribution in [0.5, 0.6) is 5.75 Å². The van der Waals surface area contributed by atoms with E-state index in [0.717, 1.165) is 4.47 Å². The highest BCUT2D eigenvalue weighted by atomic mass is 79.9. The lowest BCUT2D eigenvalue weighted by Gasteiger charge is -2.07. The Bertz CT molecular complexity index is 777. The molecule has 0 spiro atoms. The summed E-state index contributed by atoms with van der Waals surface area (Å²) in [6.07, 6.45) is 0. The highest BCUT2D eigenvalue weighted by molar-refractivity contribution is 9.10. The van der Waals surface area contributed by atoms with Crippen LogP contribution in [0, 0.1) is 10.1 Å². The molecule has 0 bridgehead atoms. The molecule has 0 atom stereocenters. The van der Waals surface area contributed by atoms with E-state index in [1.807, 2.05) is 0 Å². The fourth-order valence-corrected chi connectivity index (χ4v) is 2.20. The molecule has 8 heteroatoms. The molecule has 124 valence electrons. The Morgan fingerprint density at radius 2 is 1.83 bits per heavy atom. The molecule has 2 aromatic rings. The summed E-state index contributed by atoms with van der Waals surface area (Å²) >= 11 is 3.24. The van der Waals surface area contributed by atoms with Gasteiger partial charge in [-0.15, -0.1) is 0 Å². The van der Waals surface area contributed by atoms with Crippen molar-refractivity contribution in [3.05, 3.63) is 68.7 Å². The molecule has 0 radical (unpaired) electrons. The van der Waals surface area contributed by atoms with Crippen molar-refractivity contribution >= 4 is 33.4 Å². The second-order valence-corrected chi connectivity index (χ2v) is 5.52. The predicted molar refractivity (Wildman–Crippen MR) is 88.0 cm³/mol. The summed E-state index contributed by atoms with van der Waals surface area (Å²) in [6.45, 7) is -0.966. The Labute approximate surface area is 145 Å². The lowest BCUT2D eigenvalue weighted by atomic mass is 10.1. The normalized spacial score (nSPS) is 10.0. The molecule has 0 saturated heterocycles. The van der Waals surface area contributed by atoms with Crippen molar-refractivity contribution < 1.29 is 24.0 Å². The zero-order valence-corrected chi connectivity index (χ0v) is 13.9. The lowest BCUT2D eigenvalue weighted by molar-refractivity contribution is -0.385. The molecular weight excluding hydrogens is 382 g/mol. The highest BCUT2D eigenvalue weighted by Gasteiger charge is 2.16. The van der Waals surface area contributed by atoms with E-state index in [9.17, 15) is 19.7 Å². The zero-order chi connectivity index (χ0) is 17.5. The monoisotopic (exact) mass is 393 g/mol. The van der Waals surface area contributed by atoms with Crippen LogP contribution >= 0.6 is 15.9 Å². The van der Waals surface area contributed by atoms with Crippen LogP contribution in [0.25, 0.3) is 0 Å². The number of hydrogen-bond donors (Lipinski definition) is 0. The van der Waals surface area contributed by atoms with Gasteiger partial charge in [0, 0.05) is 16.1 Å². The number of ketones is 1. The average molecular weight is 394 g/mol. The number of nitro benzene ring substituents is 1. The molecule has 0 amide bonds. The number of para-hydroxylation sites is 2. The molecule has 0 N–H and O–H groups in total. The Balaban J connectivity index is 1.86. The third-order valence-corrected chi connectivity index (χ3v) is 3.41. The number of nitro groups is 1. The molecule has 2 rings (SSSR count). The van der Waals surface area contributed by atoms with Gasteiger partial charge in [0.2, 0.25) is 0 Å². The maximum absolute atomic E-state index is 11.9. The fraction of sp³-hybridized carbons (Fsp3) is 0.125. The summed E-state index contributed by atoms with van der Waals surface area (Å²) in [7, 11) is 0. The number of halogens is 1. The standard InChI is InChI=1S/C16H12BrNO6/c17-12-5-3-4-11(8-12)14(19)9-24-16(20)10-23-15-7-2-1-6-13(15)18(21)22/h1-8H,9-10H2. The molecule has 0 aliphatic rings. The van der Waals surface area contributed by atoms with Crippen LogP contribution < -0.4 is 4.74 Å². The van der Waals surface area contributed by atoms with Crippen LogP contribution in [0.4, 0.5) is 5.69 Å². The SMILES string of the molecule is O=C(COc1ccccc1[N+](=O)[O-])OCC(=O)c1cccc(Br)c1. The number of esters is 1. The Kier molecular flexibility index (Phi) is 6.02. The van der Waals surface area contributed by atoms with Crippen LogP contribution in [0.2, 0.25) is 0 Å². The van der Waals surface area contributed by atoms with Gasteiger partial charge in [0.15, 0.2) is 24.7 Å². The molecule has 0 fully saturated rings. The zero-order valence-electron chi connectivity index (χ0n) is 12.3. The first-order valence-corrected chi connectivity index (χ1v) is 7.57. The third-order valence-electron chi connectivity index (χ3n) is 2.92. The number of rotatable bonds is 7. The summed E-state index contributed by atoms with van der Waals surface area (Å²) in [5.41, 5.74) is 0.146. The Morgan fingerprint density at radius 3 is 2.54 bits per heavy atom. The highest BCUT2D eigenvalue weighted by Crippen LogP contribution is 2.25. The summed E-state index contributed by atoms with van der Waals surface area (Å²) in [4.78, 5) is 33.7. The van der Waals surface area contributed by atoms with E-state index in [4.69, 9.17) is 9.47 Å². The number of nitrogens with zero attached hydrogens (tertiary/aromatic N) is 1. The number of benzene rings is 2. The van der Waals surface area contributed by atoms with Crippen molar-refractivity contribution in [2.45, 2.75) is 0 Å². The second-order valence-electron chi connectivity index (χ2n) is 4.61. The minimum Gasteiger partial charge on any atom is -0.475 e. The molecule has 0 saturated carbocycles. The number of ether oxygens (including phenoxy) is 2. The molecule has 24 heavy (non-hydrogen) atoms. The molecule has 0 unspecified atom stereocenters. The number of carbonyl (C=O) groups is 2. The van der Waals surface area contributed by atoms with Crippen LogP contribution in [-0.4, -0.2) is 29.9 Å². The van der Waals surface area contributed by atoms with E-state index in [1.54, 1.807) is 30.3 Å². The van der Waals surface area contributed by atoms with Gasteiger partial charge in [-0.3, -0.25) is 14.9 Å². The van der Waals surface area contributed by atoms with E-state index in [1.165, 1.54) is 18.2 Å². The van der Waals surface area contributed by atoms with Crippen molar-refractivity contribution in [2.75, 3.05) is 13.2 Å². The first-order chi connectivity index (χ1) is 11.5. The van der Waals surface area contributed by atoms with Crippen LogP contribution in [0.1, 0.15) is 10.4 Å². The number of carbonyl (C=O) groups excluding carboxylic acids is 2. The smallest absolute Gasteiger partial charge is 0.344 e. The predicted octanol–water partition coefficient (Wildman–Crippen LogP) is 3.16. The van der Waals surface area contributed by atoms with Gasteiger partial charge in [-0.1, -0.05) is 40.2 Å². The van der Waals surface area contributed by atoms with Gasteiger partial charge < -0.3 is 9.47 Å². The van der Waals surface area contributed by atoms with Gasteiger partial charge in [0.25, 0.3) is 0 Å². The minimum atomic E-state index is -0.795. The Morgan fingerprint density at radius 1 is 1.08 bits per heavy atom. The molecule has 0 aliphatic heterocycles. The number of Topliss-reactive ketones (excluding diaryl/α,β-unsaturated/α-hetero) is 1. The van der Waals surface area contributed by atoms with E-state index < -0.39 is 24.1 Å². The lowest BCUT2D eigenvalue weighted by Crippen LogP contribution is -2.19. The Hall–Kier alpha value is -2.74. The molecule has 7 nitrogen and oxygen atoms in total. The first-order valence-electron chi connectivity index (χ1n) is 6.78. The van der Waals surface area contributed by atoms with Gasteiger partial charge in [-0.05, 0) is 18.2 Å². The first kappa shape index (κ1) is 17.6. The largest absolute Gasteiger partial charge is 0.475 e. The van der Waals surface area contributed by atoms with E-state index in [0.29, 0.717) is 5.56 Å². The molecule has 2 aromatic carbocycles. The number of hydrogen-bond acceptors (Lipinski definition) is 6. The second kappa shape index (κ2) is 8.21. The van der Waals surface area contributed by atoms with Crippen molar-refractivity contribution in [3.63, 3.8) is 0 Å². The summed E-state index contributed by atoms with van der Waals surface area (Å²) in [5.74, 6) is -1.20. The summed E-state index contributed by atoms with van der Waals surface area (Å²) in [5, 5.41) is 10.8. The van der Waals surface area contributed by atoms with Gasteiger partial charge in [-0.2, -0.15) is 0 Å². The molecule has 0 aromatic heterocycles. The molecule has 0 aliphatic carbocycles. The van der Waals surface area contributed by atoms with Crippen molar-refractivity contribution in [2.24, 2.45) is 0 Å². The van der Waals surface area contributed by atoms with Gasteiger partial charge in [0.05, 0.1) is 4.92 Å². The van der Waals surface area contributed by atoms with E-state index >= 15 is 0 Å². The van der Waals surface area contributed by atoms with Crippen molar-refractivity contribution in [1.82, 2.24) is 0 Å². The maximum atomic E-state index is 11.9. The van der Waals surface area contributed by atoms with E-state index in [2.05, 4.69) is 15.9 Å². The summed E-state index contributed by atoms with van der Waals surface area (Å²) in [6, 6.07) is 12.3. The van der Waals surface area contributed by atoms with E-state index in [-0.39, 0.29) is 17.2 Å². The fourth-order valence-electron chi connectivity index (χ4n) is 1.80. The van der Waals surface area contributed by atoms with Crippen LogP contribution in [0.3, 0.4) is 0 Å². The summed E-state index contributed by atoms with van der Waals surface area (Å²) < 4.78 is 10.6.